The Morgan fingerprint density at radius 3 is 2.50 bits per heavy atom. The maximum absolute atomic E-state index is 11.3. The fourth-order valence-electron chi connectivity index (χ4n) is 2.15. The summed E-state index contributed by atoms with van der Waals surface area (Å²) in [6.45, 7) is 6.46. The summed E-state index contributed by atoms with van der Waals surface area (Å²) >= 11 is 1.89. The second kappa shape index (κ2) is 9.39. The quantitative estimate of drug-likeness (QED) is 0.553. The van der Waals surface area contributed by atoms with Crippen molar-refractivity contribution in [2.75, 3.05) is 32.7 Å². The molecule has 0 bridgehead atoms. The molecule has 2 unspecified atom stereocenters. The lowest BCUT2D eigenvalue weighted by Gasteiger charge is -2.29. The summed E-state index contributed by atoms with van der Waals surface area (Å²) in [5.41, 5.74) is 1.40. The Labute approximate surface area is 139 Å². The minimum Gasteiger partial charge on any atom is -0.429 e. The molecule has 0 aromatic heterocycles. The molecular formula is C16H27N2O2PS. The van der Waals surface area contributed by atoms with Gasteiger partial charge in [-0.3, -0.25) is 0 Å². The summed E-state index contributed by atoms with van der Waals surface area (Å²) in [4.78, 5) is 11.3. The number of carbonyl (C=O) groups is 1. The van der Waals surface area contributed by atoms with E-state index in [-0.39, 0.29) is 16.9 Å². The van der Waals surface area contributed by atoms with Crippen LogP contribution >= 0.6 is 19.9 Å². The summed E-state index contributed by atoms with van der Waals surface area (Å²) in [7, 11) is 2.82. The highest BCUT2D eigenvalue weighted by Gasteiger charge is 2.25. The number of thioether (sulfide) groups is 1. The van der Waals surface area contributed by atoms with E-state index >= 15 is 0 Å². The molecule has 0 heterocycles. The number of benzene rings is 1. The molecule has 0 fully saturated rings. The second-order valence-electron chi connectivity index (χ2n) is 5.97. The fraction of sp³-hybridized carbons (Fsp3) is 0.562. The lowest BCUT2D eigenvalue weighted by atomic mass is 10.0. The molecule has 22 heavy (non-hydrogen) atoms. The highest BCUT2D eigenvalue weighted by molar-refractivity contribution is 7.99. The number of nitrogens with one attached hydrogen (secondary N) is 2. The number of rotatable bonds is 8. The zero-order valence-electron chi connectivity index (χ0n) is 14.1. The van der Waals surface area contributed by atoms with Crippen molar-refractivity contribution < 1.29 is 9.32 Å². The molecule has 1 rings (SSSR count). The number of hydrogen-bond donors (Lipinski definition) is 2. The molecule has 1 aromatic rings. The molecule has 124 valence electrons. The Morgan fingerprint density at radius 1 is 1.32 bits per heavy atom. The SMILES string of the molecule is CNC(=O)OP(C)CC(C)(C)CSC(NC)c1ccccc1. The van der Waals surface area contributed by atoms with Gasteiger partial charge >= 0.3 is 6.09 Å². The van der Waals surface area contributed by atoms with Gasteiger partial charge in [0.1, 0.15) is 0 Å². The summed E-state index contributed by atoms with van der Waals surface area (Å²) < 4.78 is 5.34. The monoisotopic (exact) mass is 342 g/mol. The van der Waals surface area contributed by atoms with Crippen LogP contribution in [0.3, 0.4) is 0 Å². The van der Waals surface area contributed by atoms with Gasteiger partial charge in [-0.1, -0.05) is 44.2 Å². The van der Waals surface area contributed by atoms with E-state index in [4.69, 9.17) is 4.52 Å². The molecule has 0 spiro atoms. The molecule has 2 N–H and O–H groups in total. The third-order valence-corrected chi connectivity index (χ3v) is 6.67. The highest BCUT2D eigenvalue weighted by atomic mass is 32.2. The first-order valence-electron chi connectivity index (χ1n) is 7.32. The molecule has 1 amide bonds. The topological polar surface area (TPSA) is 50.4 Å². The predicted molar refractivity (Wildman–Crippen MR) is 97.7 cm³/mol. The maximum Gasteiger partial charge on any atom is 0.409 e. The van der Waals surface area contributed by atoms with Crippen molar-refractivity contribution >= 4 is 26.0 Å². The normalized spacial score (nSPS) is 14.2. The van der Waals surface area contributed by atoms with Gasteiger partial charge in [-0.05, 0) is 24.7 Å². The van der Waals surface area contributed by atoms with Gasteiger partial charge in [0, 0.05) is 19.0 Å². The van der Waals surface area contributed by atoms with Crippen molar-refractivity contribution in [1.82, 2.24) is 10.6 Å². The Hall–Kier alpha value is -0.770. The average molecular weight is 342 g/mol. The largest absolute Gasteiger partial charge is 0.429 e. The van der Waals surface area contributed by atoms with E-state index in [1.54, 1.807) is 7.05 Å². The molecule has 0 saturated carbocycles. The van der Waals surface area contributed by atoms with Crippen LogP contribution in [0.25, 0.3) is 0 Å². The fourth-order valence-corrected chi connectivity index (χ4v) is 5.29. The van der Waals surface area contributed by atoms with Crippen molar-refractivity contribution in [3.63, 3.8) is 0 Å². The second-order valence-corrected chi connectivity index (χ2v) is 8.82. The Balaban J connectivity index is 2.51. The van der Waals surface area contributed by atoms with Gasteiger partial charge in [-0.2, -0.15) is 0 Å². The molecule has 1 aromatic carbocycles. The van der Waals surface area contributed by atoms with Gasteiger partial charge in [-0.25, -0.2) is 4.79 Å². The van der Waals surface area contributed by atoms with Crippen LogP contribution in [0.5, 0.6) is 0 Å². The summed E-state index contributed by atoms with van der Waals surface area (Å²) in [5.74, 6) is 0.997. The van der Waals surface area contributed by atoms with Crippen LogP contribution in [0.15, 0.2) is 30.3 Å². The van der Waals surface area contributed by atoms with E-state index in [9.17, 15) is 4.79 Å². The van der Waals surface area contributed by atoms with E-state index in [2.05, 4.69) is 48.7 Å². The maximum atomic E-state index is 11.3. The first-order chi connectivity index (χ1) is 10.4. The lowest BCUT2D eigenvalue weighted by molar-refractivity contribution is 0.207. The molecule has 0 aliphatic rings. The Bertz CT molecular complexity index is 457. The van der Waals surface area contributed by atoms with Crippen LogP contribution in [0.4, 0.5) is 4.79 Å². The van der Waals surface area contributed by atoms with Gasteiger partial charge in [0.15, 0.2) is 0 Å². The number of amides is 1. The molecule has 0 aliphatic carbocycles. The van der Waals surface area contributed by atoms with Crippen molar-refractivity contribution in [3.8, 4) is 0 Å². The molecule has 0 radical (unpaired) electrons. The highest BCUT2D eigenvalue weighted by Crippen LogP contribution is 2.42. The number of carbonyl (C=O) groups excluding carboxylic acids is 1. The average Bonchev–Trinajstić information content (AvgIpc) is 2.48. The van der Waals surface area contributed by atoms with Gasteiger partial charge in [0.2, 0.25) is 0 Å². The van der Waals surface area contributed by atoms with Crippen LogP contribution < -0.4 is 10.6 Å². The first kappa shape index (κ1) is 19.3. The lowest BCUT2D eigenvalue weighted by Crippen LogP contribution is -2.24. The molecule has 0 aliphatic heterocycles. The minimum atomic E-state index is -0.749. The van der Waals surface area contributed by atoms with Crippen LogP contribution in [0, 0.1) is 5.41 Å². The third-order valence-electron chi connectivity index (χ3n) is 3.10. The predicted octanol–water partition coefficient (Wildman–Crippen LogP) is 4.05. The van der Waals surface area contributed by atoms with Gasteiger partial charge in [-0.15, -0.1) is 11.8 Å². The van der Waals surface area contributed by atoms with Gasteiger partial charge < -0.3 is 15.2 Å². The van der Waals surface area contributed by atoms with Crippen molar-refractivity contribution in [2.45, 2.75) is 19.2 Å². The van der Waals surface area contributed by atoms with Gasteiger partial charge in [0.25, 0.3) is 0 Å². The van der Waals surface area contributed by atoms with E-state index < -0.39 is 8.15 Å². The summed E-state index contributed by atoms with van der Waals surface area (Å²) in [5, 5.41) is 6.14. The van der Waals surface area contributed by atoms with Crippen molar-refractivity contribution in [1.29, 1.82) is 0 Å². The van der Waals surface area contributed by atoms with E-state index in [0.29, 0.717) is 0 Å². The van der Waals surface area contributed by atoms with Crippen LogP contribution in [0.1, 0.15) is 24.8 Å². The van der Waals surface area contributed by atoms with Crippen LogP contribution in [0.2, 0.25) is 0 Å². The van der Waals surface area contributed by atoms with Gasteiger partial charge in [0.05, 0.1) is 13.5 Å². The first-order valence-corrected chi connectivity index (χ1v) is 10.3. The van der Waals surface area contributed by atoms with E-state index in [0.717, 1.165) is 11.9 Å². The molecule has 6 heteroatoms. The zero-order valence-corrected chi connectivity index (χ0v) is 15.8. The smallest absolute Gasteiger partial charge is 0.409 e. The molecule has 0 saturated heterocycles. The molecule has 2 atom stereocenters. The minimum absolute atomic E-state index is 0.114. The molecular weight excluding hydrogens is 315 g/mol. The zero-order chi connectivity index (χ0) is 16.6. The van der Waals surface area contributed by atoms with E-state index in [1.165, 1.54) is 5.56 Å². The Morgan fingerprint density at radius 2 is 1.95 bits per heavy atom. The standard InChI is InChI=1S/C16H27N2O2PS/c1-16(2,11-21(5)20-15(19)18-4)12-22-14(17-3)13-9-7-6-8-10-13/h6-10,14,17H,11-12H2,1-5H3,(H,18,19). The van der Waals surface area contributed by atoms with Crippen LogP contribution in [-0.2, 0) is 4.52 Å². The number of hydrogen-bond acceptors (Lipinski definition) is 4. The molecule has 4 nitrogen and oxygen atoms in total. The van der Waals surface area contributed by atoms with Crippen LogP contribution in [-0.4, -0.2) is 38.8 Å². The van der Waals surface area contributed by atoms with Crippen molar-refractivity contribution in [2.24, 2.45) is 5.41 Å². The third kappa shape index (κ3) is 6.99. The summed E-state index contributed by atoms with van der Waals surface area (Å²) in [6.07, 6.45) is 0.558. The summed E-state index contributed by atoms with van der Waals surface area (Å²) in [6, 6.07) is 10.4. The van der Waals surface area contributed by atoms with Crippen molar-refractivity contribution in [3.05, 3.63) is 35.9 Å². The van der Waals surface area contributed by atoms with E-state index in [1.807, 2.05) is 31.5 Å². The Kier molecular flexibility index (Phi) is 8.23.